The van der Waals surface area contributed by atoms with Gasteiger partial charge in [-0.05, 0) is 67.1 Å². The Hall–Kier alpha value is -4.18. The van der Waals surface area contributed by atoms with Crippen molar-refractivity contribution in [3.05, 3.63) is 77.6 Å². The fourth-order valence-corrected chi connectivity index (χ4v) is 4.27. The number of carbonyl (C=O) groups excluding carboxylic acids is 3. The summed E-state index contributed by atoms with van der Waals surface area (Å²) < 4.78 is 31.7. The molecular formula is C23H19N3O6S. The van der Waals surface area contributed by atoms with Gasteiger partial charge in [0, 0.05) is 12.5 Å². The summed E-state index contributed by atoms with van der Waals surface area (Å²) in [4.78, 5) is 36.1. The van der Waals surface area contributed by atoms with Gasteiger partial charge < -0.3 is 4.42 Å². The number of rotatable bonds is 5. The molecule has 1 aromatic heterocycles. The first-order valence-corrected chi connectivity index (χ1v) is 11.3. The van der Waals surface area contributed by atoms with Crippen molar-refractivity contribution in [3.8, 4) is 11.3 Å². The Morgan fingerprint density at radius 3 is 2.45 bits per heavy atom. The van der Waals surface area contributed by atoms with Gasteiger partial charge in [0.15, 0.2) is 0 Å². The third-order valence-electron chi connectivity index (χ3n) is 4.79. The molecule has 4 rings (SSSR count). The van der Waals surface area contributed by atoms with Crippen LogP contribution >= 0.6 is 0 Å². The highest BCUT2D eigenvalue weighted by Crippen LogP contribution is 2.27. The van der Waals surface area contributed by atoms with Crippen molar-refractivity contribution in [1.29, 1.82) is 0 Å². The number of hydrogen-bond acceptors (Lipinski definition) is 6. The Bertz CT molecular complexity index is 1400. The van der Waals surface area contributed by atoms with Crippen molar-refractivity contribution in [2.45, 2.75) is 18.7 Å². The van der Waals surface area contributed by atoms with Gasteiger partial charge in [0.1, 0.15) is 17.1 Å². The maximum atomic E-state index is 12.8. The number of nitrogens with one attached hydrogen (secondary N) is 2. The smallest absolute Gasteiger partial charge is 0.282 e. The monoisotopic (exact) mass is 465 g/mol. The van der Waals surface area contributed by atoms with E-state index in [0.717, 1.165) is 12.5 Å². The molecule has 33 heavy (non-hydrogen) atoms. The third-order valence-corrected chi connectivity index (χ3v) is 6.24. The number of furan rings is 1. The zero-order valence-corrected chi connectivity index (χ0v) is 18.5. The van der Waals surface area contributed by atoms with Gasteiger partial charge in [-0.3, -0.25) is 19.8 Å². The van der Waals surface area contributed by atoms with E-state index < -0.39 is 27.7 Å². The van der Waals surface area contributed by atoms with E-state index in [9.17, 15) is 22.8 Å². The highest BCUT2D eigenvalue weighted by molar-refractivity contribution is 7.90. The maximum absolute atomic E-state index is 12.8. The van der Waals surface area contributed by atoms with E-state index in [0.29, 0.717) is 17.0 Å². The lowest BCUT2D eigenvalue weighted by molar-refractivity contribution is -0.118. The molecule has 2 aromatic carbocycles. The van der Waals surface area contributed by atoms with Gasteiger partial charge in [-0.1, -0.05) is 12.1 Å². The molecule has 2 heterocycles. The van der Waals surface area contributed by atoms with Gasteiger partial charge in [0.05, 0.1) is 10.6 Å². The molecule has 3 amide bonds. The Balaban J connectivity index is 1.56. The normalized spacial score (nSPS) is 15.1. The molecule has 10 heteroatoms. The zero-order chi connectivity index (χ0) is 23.8. The maximum Gasteiger partial charge on any atom is 0.282 e. The van der Waals surface area contributed by atoms with Crippen molar-refractivity contribution in [1.82, 2.24) is 10.1 Å². The number of hydrogen-bond donors (Lipinski definition) is 2. The second kappa shape index (κ2) is 8.40. The molecule has 1 fully saturated rings. The average molecular weight is 465 g/mol. The van der Waals surface area contributed by atoms with Crippen LogP contribution in [0.15, 0.2) is 75.5 Å². The van der Waals surface area contributed by atoms with Crippen molar-refractivity contribution in [2.24, 2.45) is 0 Å². The summed E-state index contributed by atoms with van der Waals surface area (Å²) in [6, 6.07) is 16.1. The number of carbonyl (C=O) groups is 3. The minimum absolute atomic E-state index is 0.0696. The molecule has 0 atom stereocenters. The summed E-state index contributed by atoms with van der Waals surface area (Å²) in [5.41, 5.74) is 4.53. The Labute approximate surface area is 189 Å². The van der Waals surface area contributed by atoms with Crippen molar-refractivity contribution in [3.63, 3.8) is 0 Å². The molecule has 1 saturated heterocycles. The van der Waals surface area contributed by atoms with Crippen LogP contribution in [-0.2, 0) is 24.4 Å². The zero-order valence-electron chi connectivity index (χ0n) is 17.7. The van der Waals surface area contributed by atoms with Crippen LogP contribution in [0.5, 0.6) is 0 Å². The van der Waals surface area contributed by atoms with Crippen LogP contribution in [0, 0.1) is 6.92 Å². The van der Waals surface area contributed by atoms with Crippen molar-refractivity contribution >= 4 is 39.5 Å². The van der Waals surface area contributed by atoms with Gasteiger partial charge in [0.2, 0.25) is 5.91 Å². The number of sulfonamides is 1. The molecule has 9 nitrogen and oxygen atoms in total. The first-order valence-electron chi connectivity index (χ1n) is 9.81. The molecule has 0 spiro atoms. The van der Waals surface area contributed by atoms with Gasteiger partial charge in [0.25, 0.3) is 21.8 Å². The standard InChI is InChI=1S/C23H19N3O6S/c1-14-4-3-5-17(12-14)26-23(29)20(22(28)24-26)13-18-8-11-21(32-18)16-6-9-19(10-7-16)33(30,31)25-15(2)27/h3-13H,1-2H3,(H,24,28)(H,25,27). The van der Waals surface area contributed by atoms with Crippen molar-refractivity contribution < 1.29 is 27.2 Å². The van der Waals surface area contributed by atoms with E-state index in [1.807, 2.05) is 17.7 Å². The van der Waals surface area contributed by atoms with Crippen LogP contribution in [0.2, 0.25) is 0 Å². The molecule has 0 saturated carbocycles. The quantitative estimate of drug-likeness (QED) is 0.441. The van der Waals surface area contributed by atoms with Crippen LogP contribution in [0.4, 0.5) is 5.69 Å². The highest BCUT2D eigenvalue weighted by Gasteiger charge is 2.34. The SMILES string of the molecule is CC(=O)NS(=O)(=O)c1ccc(-c2ccc(C=C3C(=O)NN(c4cccc(C)c4)C3=O)o2)cc1. The predicted octanol–water partition coefficient (Wildman–Crippen LogP) is 2.54. The second-order valence-electron chi connectivity index (χ2n) is 7.37. The van der Waals surface area contributed by atoms with Crippen molar-refractivity contribution in [2.75, 3.05) is 5.01 Å². The van der Waals surface area contributed by atoms with Gasteiger partial charge in [-0.25, -0.2) is 18.1 Å². The lowest BCUT2D eigenvalue weighted by atomic mass is 10.2. The number of anilines is 1. The van der Waals surface area contributed by atoms with E-state index in [1.165, 1.54) is 35.4 Å². The fraction of sp³-hybridized carbons (Fsp3) is 0.0870. The van der Waals surface area contributed by atoms with Crippen LogP contribution in [0.25, 0.3) is 17.4 Å². The molecule has 0 unspecified atom stereocenters. The summed E-state index contributed by atoms with van der Waals surface area (Å²) in [6.45, 7) is 3.00. The largest absolute Gasteiger partial charge is 0.457 e. The van der Waals surface area contributed by atoms with Crippen LogP contribution in [0.3, 0.4) is 0 Å². The Morgan fingerprint density at radius 1 is 1.06 bits per heavy atom. The molecule has 168 valence electrons. The molecule has 2 N–H and O–H groups in total. The molecule has 1 aliphatic heterocycles. The minimum atomic E-state index is -3.94. The summed E-state index contributed by atoms with van der Waals surface area (Å²) >= 11 is 0. The van der Waals surface area contributed by atoms with E-state index in [-0.39, 0.29) is 16.2 Å². The van der Waals surface area contributed by atoms with Crippen LogP contribution in [0.1, 0.15) is 18.2 Å². The van der Waals surface area contributed by atoms with Gasteiger partial charge >= 0.3 is 0 Å². The lowest BCUT2D eigenvalue weighted by Gasteiger charge is -2.14. The van der Waals surface area contributed by atoms with E-state index in [1.54, 1.807) is 30.3 Å². The Kier molecular flexibility index (Phi) is 5.60. The second-order valence-corrected chi connectivity index (χ2v) is 9.05. The number of nitrogens with zero attached hydrogens (tertiary/aromatic N) is 1. The average Bonchev–Trinajstić information content (AvgIpc) is 3.33. The fourth-order valence-electron chi connectivity index (χ4n) is 3.28. The molecule has 0 aliphatic carbocycles. The first-order chi connectivity index (χ1) is 15.6. The van der Waals surface area contributed by atoms with E-state index >= 15 is 0 Å². The van der Waals surface area contributed by atoms with Crippen LogP contribution in [-0.4, -0.2) is 26.1 Å². The van der Waals surface area contributed by atoms with Gasteiger partial charge in [-0.15, -0.1) is 0 Å². The lowest BCUT2D eigenvalue weighted by Crippen LogP contribution is -2.35. The predicted molar refractivity (Wildman–Crippen MR) is 120 cm³/mol. The summed E-state index contributed by atoms with van der Waals surface area (Å²) in [6.07, 6.45) is 1.35. The first kappa shape index (κ1) is 22.0. The van der Waals surface area contributed by atoms with E-state index in [4.69, 9.17) is 4.42 Å². The summed E-state index contributed by atoms with van der Waals surface area (Å²) in [5.74, 6) is -1.05. The van der Waals surface area contributed by atoms with Crippen LogP contribution < -0.4 is 15.2 Å². The molecule has 1 aliphatic rings. The van der Waals surface area contributed by atoms with Gasteiger partial charge in [-0.2, -0.15) is 0 Å². The number of amides is 3. The number of hydrazine groups is 1. The summed E-state index contributed by atoms with van der Waals surface area (Å²) in [7, 11) is -3.94. The number of aryl methyl sites for hydroxylation is 1. The highest BCUT2D eigenvalue weighted by atomic mass is 32.2. The topological polar surface area (TPSA) is 126 Å². The van der Waals surface area contributed by atoms with E-state index in [2.05, 4.69) is 5.43 Å². The molecular weight excluding hydrogens is 446 g/mol. The minimum Gasteiger partial charge on any atom is -0.457 e. The number of benzene rings is 2. The molecule has 0 radical (unpaired) electrons. The summed E-state index contributed by atoms with van der Waals surface area (Å²) in [5, 5.41) is 1.18. The molecule has 0 bridgehead atoms. The third kappa shape index (κ3) is 4.55. The Morgan fingerprint density at radius 2 is 1.79 bits per heavy atom. The molecule has 3 aromatic rings.